The van der Waals surface area contributed by atoms with Gasteiger partial charge < -0.3 is 15.2 Å². The second kappa shape index (κ2) is 5.83. The van der Waals surface area contributed by atoms with Gasteiger partial charge in [-0.3, -0.25) is 0 Å². The third-order valence-corrected chi connectivity index (χ3v) is 3.82. The summed E-state index contributed by atoms with van der Waals surface area (Å²) in [6.45, 7) is 6.65. The maximum atomic E-state index is 9.37. The summed E-state index contributed by atoms with van der Waals surface area (Å²) in [7, 11) is 0. The fourth-order valence-electron chi connectivity index (χ4n) is 2.17. The molecule has 1 aliphatic rings. The van der Waals surface area contributed by atoms with E-state index >= 15 is 0 Å². The van der Waals surface area contributed by atoms with Crippen molar-refractivity contribution in [2.24, 2.45) is 5.41 Å². The highest BCUT2D eigenvalue weighted by Gasteiger charge is 2.37. The molecule has 0 aromatic heterocycles. The highest BCUT2D eigenvalue weighted by molar-refractivity contribution is 5.24. The predicted molar refractivity (Wildman–Crippen MR) is 72.6 cm³/mol. The van der Waals surface area contributed by atoms with Crippen molar-refractivity contribution in [2.75, 3.05) is 26.4 Å². The van der Waals surface area contributed by atoms with Crippen molar-refractivity contribution in [1.82, 2.24) is 5.32 Å². The number of hydrogen-bond donors (Lipinski definition) is 2. The van der Waals surface area contributed by atoms with Crippen molar-refractivity contribution in [2.45, 2.75) is 26.3 Å². The highest BCUT2D eigenvalue weighted by Crippen LogP contribution is 2.26. The number of aryl methyl sites for hydroxylation is 1. The zero-order chi connectivity index (χ0) is 13.0. The van der Waals surface area contributed by atoms with Gasteiger partial charge in [0.25, 0.3) is 0 Å². The molecule has 1 unspecified atom stereocenters. The van der Waals surface area contributed by atoms with Crippen molar-refractivity contribution in [3.8, 4) is 0 Å². The molecular formula is C15H23NO2. The Balaban J connectivity index is 1.88. The smallest absolute Gasteiger partial charge is 0.0579 e. The van der Waals surface area contributed by atoms with E-state index < -0.39 is 0 Å². The molecule has 2 N–H and O–H groups in total. The van der Waals surface area contributed by atoms with Gasteiger partial charge in [0.2, 0.25) is 0 Å². The minimum Gasteiger partial charge on any atom is -0.396 e. The number of hydrogen-bond acceptors (Lipinski definition) is 3. The minimum atomic E-state index is -0.0579. The van der Waals surface area contributed by atoms with E-state index in [1.165, 1.54) is 11.1 Å². The van der Waals surface area contributed by atoms with Crippen LogP contribution in [0.3, 0.4) is 0 Å². The van der Waals surface area contributed by atoms with Gasteiger partial charge in [-0.25, -0.2) is 0 Å². The molecule has 0 bridgehead atoms. The molecule has 1 aromatic carbocycles. The molecule has 2 rings (SSSR count). The van der Waals surface area contributed by atoms with E-state index in [4.69, 9.17) is 4.74 Å². The van der Waals surface area contributed by atoms with E-state index in [-0.39, 0.29) is 12.0 Å². The molecule has 1 aromatic rings. The zero-order valence-electron chi connectivity index (χ0n) is 11.3. The molecule has 1 saturated heterocycles. The van der Waals surface area contributed by atoms with Gasteiger partial charge in [-0.15, -0.1) is 0 Å². The van der Waals surface area contributed by atoms with Crippen LogP contribution in [0.4, 0.5) is 0 Å². The lowest BCUT2D eigenvalue weighted by molar-refractivity contribution is -0.135. The van der Waals surface area contributed by atoms with Gasteiger partial charge in [-0.2, -0.15) is 0 Å². The van der Waals surface area contributed by atoms with E-state index in [0.717, 1.165) is 13.0 Å². The summed E-state index contributed by atoms with van der Waals surface area (Å²) in [5.74, 6) is 0. The maximum absolute atomic E-state index is 9.37. The lowest BCUT2D eigenvalue weighted by atomic mass is 9.86. The predicted octanol–water partition coefficient (Wildman–Crippen LogP) is 1.91. The molecule has 18 heavy (non-hydrogen) atoms. The zero-order valence-corrected chi connectivity index (χ0v) is 11.3. The summed E-state index contributed by atoms with van der Waals surface area (Å²) in [6, 6.07) is 9.03. The molecule has 0 spiro atoms. The van der Waals surface area contributed by atoms with Crippen molar-refractivity contribution < 1.29 is 9.84 Å². The number of nitrogens with one attached hydrogen (secondary N) is 1. The number of aliphatic hydroxyl groups is 1. The van der Waals surface area contributed by atoms with Crippen LogP contribution in [0.2, 0.25) is 0 Å². The van der Waals surface area contributed by atoms with E-state index in [2.05, 4.69) is 43.4 Å². The van der Waals surface area contributed by atoms with Gasteiger partial charge >= 0.3 is 0 Å². The molecular weight excluding hydrogens is 226 g/mol. The van der Waals surface area contributed by atoms with Gasteiger partial charge in [-0.05, 0) is 24.5 Å². The second-order valence-electron chi connectivity index (χ2n) is 5.35. The number of ether oxygens (including phenoxy) is 1. The van der Waals surface area contributed by atoms with Crippen LogP contribution >= 0.6 is 0 Å². The SMILES string of the molecule is CCc1ccc(C(C)NCC2(CO)COC2)cc1. The van der Waals surface area contributed by atoms with Crippen molar-refractivity contribution in [3.63, 3.8) is 0 Å². The van der Waals surface area contributed by atoms with Gasteiger partial charge in [0, 0.05) is 12.6 Å². The monoisotopic (exact) mass is 249 g/mol. The topological polar surface area (TPSA) is 41.5 Å². The van der Waals surface area contributed by atoms with E-state index in [1.54, 1.807) is 0 Å². The summed E-state index contributed by atoms with van der Waals surface area (Å²) in [4.78, 5) is 0. The van der Waals surface area contributed by atoms with Crippen molar-refractivity contribution in [3.05, 3.63) is 35.4 Å². The number of rotatable bonds is 6. The lowest BCUT2D eigenvalue weighted by Gasteiger charge is -2.40. The summed E-state index contributed by atoms with van der Waals surface area (Å²) in [5.41, 5.74) is 2.60. The van der Waals surface area contributed by atoms with Crippen LogP contribution in [-0.4, -0.2) is 31.5 Å². The average molecular weight is 249 g/mol. The average Bonchev–Trinajstić information content (AvgIpc) is 2.38. The third kappa shape index (κ3) is 2.91. The first-order valence-corrected chi connectivity index (χ1v) is 6.70. The van der Waals surface area contributed by atoms with Crippen LogP contribution in [0.1, 0.15) is 31.0 Å². The van der Waals surface area contributed by atoms with Gasteiger partial charge in [0.05, 0.1) is 25.2 Å². The molecule has 0 saturated carbocycles. The summed E-state index contributed by atoms with van der Waals surface area (Å²) < 4.78 is 5.20. The molecule has 3 nitrogen and oxygen atoms in total. The molecule has 1 fully saturated rings. The summed E-state index contributed by atoms with van der Waals surface area (Å²) in [6.07, 6.45) is 1.08. The molecule has 1 heterocycles. The Bertz CT molecular complexity index is 365. The van der Waals surface area contributed by atoms with Crippen LogP contribution in [0.15, 0.2) is 24.3 Å². The molecule has 100 valence electrons. The normalized spacial score (nSPS) is 19.3. The fourth-order valence-corrected chi connectivity index (χ4v) is 2.17. The van der Waals surface area contributed by atoms with Gasteiger partial charge in [0.1, 0.15) is 0 Å². The Kier molecular flexibility index (Phi) is 4.38. The quantitative estimate of drug-likeness (QED) is 0.809. The van der Waals surface area contributed by atoms with Crippen molar-refractivity contribution >= 4 is 0 Å². The molecule has 1 atom stereocenters. The van der Waals surface area contributed by atoms with Crippen LogP contribution in [0.5, 0.6) is 0 Å². The first kappa shape index (κ1) is 13.5. The molecule has 3 heteroatoms. The number of benzene rings is 1. The first-order chi connectivity index (χ1) is 8.69. The third-order valence-electron chi connectivity index (χ3n) is 3.82. The van der Waals surface area contributed by atoms with Crippen LogP contribution in [0.25, 0.3) is 0 Å². The summed E-state index contributed by atoms with van der Waals surface area (Å²) >= 11 is 0. The first-order valence-electron chi connectivity index (χ1n) is 6.70. The summed E-state index contributed by atoms with van der Waals surface area (Å²) in [5, 5.41) is 12.9. The molecule has 0 aliphatic carbocycles. The lowest BCUT2D eigenvalue weighted by Crippen LogP contribution is -2.52. The molecule has 0 radical (unpaired) electrons. The van der Waals surface area contributed by atoms with Gasteiger partial charge in [0.15, 0.2) is 0 Å². The Morgan fingerprint density at radius 1 is 1.33 bits per heavy atom. The van der Waals surface area contributed by atoms with Crippen LogP contribution < -0.4 is 5.32 Å². The Hall–Kier alpha value is -0.900. The van der Waals surface area contributed by atoms with E-state index in [0.29, 0.717) is 19.3 Å². The second-order valence-corrected chi connectivity index (χ2v) is 5.35. The van der Waals surface area contributed by atoms with Crippen LogP contribution in [0, 0.1) is 5.41 Å². The maximum Gasteiger partial charge on any atom is 0.0579 e. The van der Waals surface area contributed by atoms with E-state index in [1.807, 2.05) is 0 Å². The largest absolute Gasteiger partial charge is 0.396 e. The number of aliphatic hydroxyl groups excluding tert-OH is 1. The fraction of sp³-hybridized carbons (Fsp3) is 0.600. The minimum absolute atomic E-state index is 0.0579. The van der Waals surface area contributed by atoms with Crippen molar-refractivity contribution in [1.29, 1.82) is 0 Å². The van der Waals surface area contributed by atoms with E-state index in [9.17, 15) is 5.11 Å². The molecule has 0 amide bonds. The van der Waals surface area contributed by atoms with Crippen LogP contribution in [-0.2, 0) is 11.2 Å². The Labute approximate surface area is 109 Å². The molecule has 1 aliphatic heterocycles. The standard InChI is InChI=1S/C15H23NO2/c1-3-13-4-6-14(7-5-13)12(2)16-8-15(9-17)10-18-11-15/h4-7,12,16-17H,3,8-11H2,1-2H3. The van der Waals surface area contributed by atoms with Gasteiger partial charge in [-0.1, -0.05) is 31.2 Å². The Morgan fingerprint density at radius 2 is 2.00 bits per heavy atom. The highest BCUT2D eigenvalue weighted by atomic mass is 16.5. The Morgan fingerprint density at radius 3 is 2.44 bits per heavy atom.